The van der Waals surface area contributed by atoms with E-state index in [-0.39, 0.29) is 5.56 Å². The van der Waals surface area contributed by atoms with E-state index >= 15 is 0 Å². The maximum atomic E-state index is 12.0. The van der Waals surface area contributed by atoms with Gasteiger partial charge in [0.2, 0.25) is 0 Å². The van der Waals surface area contributed by atoms with Crippen molar-refractivity contribution in [2.45, 2.75) is 13.5 Å². The monoisotopic (exact) mass is 264 g/mol. The fraction of sp³-hybridized carbons (Fsp3) is 0.500. The van der Waals surface area contributed by atoms with Gasteiger partial charge in [-0.05, 0) is 6.92 Å². The summed E-state index contributed by atoms with van der Waals surface area (Å²) in [5, 5.41) is 3.32. The fourth-order valence-electron chi connectivity index (χ4n) is 2.24. The van der Waals surface area contributed by atoms with Gasteiger partial charge in [0.05, 0.1) is 5.69 Å². The second-order valence-electron chi connectivity index (χ2n) is 4.61. The number of aryl methyl sites for hydroxylation is 1. The Morgan fingerprint density at radius 1 is 1.44 bits per heavy atom. The highest BCUT2D eigenvalue weighted by Gasteiger charge is 2.12. The molecule has 2 aromatic rings. The molecule has 2 aromatic heterocycles. The summed E-state index contributed by atoms with van der Waals surface area (Å²) in [5.74, 6) is 0. The molecule has 1 fully saturated rings. The normalized spacial score (nSPS) is 17.4. The Morgan fingerprint density at radius 3 is 3.00 bits per heavy atom. The molecular weight excluding hydrogens is 248 g/mol. The molecule has 0 unspecified atom stereocenters. The van der Waals surface area contributed by atoms with E-state index in [4.69, 9.17) is 0 Å². The highest BCUT2D eigenvalue weighted by Crippen LogP contribution is 2.13. The maximum absolute atomic E-state index is 12.0. The molecule has 1 aliphatic heterocycles. The quantitative estimate of drug-likeness (QED) is 0.856. The summed E-state index contributed by atoms with van der Waals surface area (Å²) in [7, 11) is 0. The highest BCUT2D eigenvalue weighted by molar-refractivity contribution is 7.16. The van der Waals surface area contributed by atoms with Crippen LogP contribution in [0.25, 0.3) is 4.96 Å². The Morgan fingerprint density at radius 2 is 2.22 bits per heavy atom. The molecule has 0 atom stereocenters. The van der Waals surface area contributed by atoms with Crippen LogP contribution in [0, 0.1) is 6.92 Å². The Labute approximate surface area is 109 Å². The summed E-state index contributed by atoms with van der Waals surface area (Å²) >= 11 is 1.56. The number of nitrogens with one attached hydrogen (secondary N) is 1. The molecule has 1 saturated heterocycles. The molecule has 0 aliphatic carbocycles. The van der Waals surface area contributed by atoms with Crippen molar-refractivity contribution in [3.05, 3.63) is 33.2 Å². The largest absolute Gasteiger partial charge is 0.314 e. The Hall–Kier alpha value is -1.24. The van der Waals surface area contributed by atoms with Crippen LogP contribution in [0.5, 0.6) is 0 Å². The van der Waals surface area contributed by atoms with Gasteiger partial charge in [-0.2, -0.15) is 0 Å². The SMILES string of the molecule is Cc1cn2c(=O)cc(CN3CCNCC3)nc2s1. The third-order valence-electron chi connectivity index (χ3n) is 3.13. The summed E-state index contributed by atoms with van der Waals surface area (Å²) in [4.78, 5) is 20.8. The van der Waals surface area contributed by atoms with Crippen molar-refractivity contribution in [2.24, 2.45) is 0 Å². The molecule has 0 amide bonds. The van der Waals surface area contributed by atoms with Gasteiger partial charge in [-0.1, -0.05) is 0 Å². The van der Waals surface area contributed by atoms with Gasteiger partial charge in [-0.25, -0.2) is 4.98 Å². The van der Waals surface area contributed by atoms with E-state index in [1.165, 1.54) is 0 Å². The molecule has 0 aromatic carbocycles. The van der Waals surface area contributed by atoms with E-state index in [9.17, 15) is 4.79 Å². The van der Waals surface area contributed by atoms with E-state index < -0.39 is 0 Å². The highest BCUT2D eigenvalue weighted by atomic mass is 32.1. The van der Waals surface area contributed by atoms with Gasteiger partial charge in [0, 0.05) is 49.9 Å². The molecule has 3 heterocycles. The second kappa shape index (κ2) is 4.79. The average Bonchev–Trinajstić information content (AvgIpc) is 2.72. The summed E-state index contributed by atoms with van der Waals surface area (Å²) < 4.78 is 1.63. The smallest absolute Gasteiger partial charge is 0.258 e. The predicted octanol–water partition coefficient (Wildman–Crippen LogP) is 0.470. The van der Waals surface area contributed by atoms with Crippen LogP contribution in [0.1, 0.15) is 10.6 Å². The van der Waals surface area contributed by atoms with Gasteiger partial charge in [0.15, 0.2) is 4.96 Å². The lowest BCUT2D eigenvalue weighted by Crippen LogP contribution is -2.43. The number of rotatable bonds is 2. The molecular formula is C12H16N4OS. The van der Waals surface area contributed by atoms with Gasteiger partial charge < -0.3 is 5.32 Å². The van der Waals surface area contributed by atoms with Crippen LogP contribution < -0.4 is 10.9 Å². The van der Waals surface area contributed by atoms with Crippen molar-refractivity contribution in [3.8, 4) is 0 Å². The molecule has 0 bridgehead atoms. The predicted molar refractivity (Wildman–Crippen MR) is 72.2 cm³/mol. The Kier molecular flexibility index (Phi) is 3.15. The molecule has 1 N–H and O–H groups in total. The van der Waals surface area contributed by atoms with E-state index in [0.717, 1.165) is 48.3 Å². The molecule has 96 valence electrons. The summed E-state index contributed by atoms with van der Waals surface area (Å²) in [6.45, 7) is 6.83. The second-order valence-corrected chi connectivity index (χ2v) is 5.82. The fourth-order valence-corrected chi connectivity index (χ4v) is 3.09. The summed E-state index contributed by atoms with van der Waals surface area (Å²) in [6.07, 6.45) is 1.85. The molecule has 0 spiro atoms. The number of nitrogens with zero attached hydrogens (tertiary/aromatic N) is 3. The van der Waals surface area contributed by atoms with Crippen LogP contribution in [0.3, 0.4) is 0 Å². The Bertz CT molecular complexity index is 612. The summed E-state index contributed by atoms with van der Waals surface area (Å²) in [5.41, 5.74) is 0.901. The lowest BCUT2D eigenvalue weighted by atomic mass is 10.3. The van der Waals surface area contributed by atoms with E-state index in [1.54, 1.807) is 21.8 Å². The zero-order valence-corrected chi connectivity index (χ0v) is 11.2. The van der Waals surface area contributed by atoms with Crippen molar-refractivity contribution >= 4 is 16.3 Å². The average molecular weight is 264 g/mol. The third kappa shape index (κ3) is 2.31. The van der Waals surface area contributed by atoms with Crippen LogP contribution in [0.4, 0.5) is 0 Å². The van der Waals surface area contributed by atoms with Gasteiger partial charge in [-0.3, -0.25) is 14.1 Å². The first-order valence-corrected chi connectivity index (χ1v) is 6.96. The van der Waals surface area contributed by atoms with Crippen LogP contribution in [0.2, 0.25) is 0 Å². The number of aromatic nitrogens is 2. The van der Waals surface area contributed by atoms with E-state index in [0.29, 0.717) is 0 Å². The molecule has 0 saturated carbocycles. The first-order chi connectivity index (χ1) is 8.72. The minimum atomic E-state index is 0.0227. The minimum Gasteiger partial charge on any atom is -0.314 e. The van der Waals surface area contributed by atoms with Crippen LogP contribution in [-0.4, -0.2) is 40.5 Å². The van der Waals surface area contributed by atoms with Crippen molar-refractivity contribution in [3.63, 3.8) is 0 Å². The van der Waals surface area contributed by atoms with Crippen LogP contribution >= 0.6 is 11.3 Å². The molecule has 3 rings (SSSR count). The lowest BCUT2D eigenvalue weighted by Gasteiger charge is -2.26. The zero-order chi connectivity index (χ0) is 12.5. The van der Waals surface area contributed by atoms with E-state index in [2.05, 4.69) is 15.2 Å². The molecule has 1 aliphatic rings. The van der Waals surface area contributed by atoms with Crippen molar-refractivity contribution in [1.82, 2.24) is 19.6 Å². The first-order valence-electron chi connectivity index (χ1n) is 6.14. The minimum absolute atomic E-state index is 0.0227. The number of thiazole rings is 1. The number of piperazine rings is 1. The molecule has 5 nitrogen and oxygen atoms in total. The topological polar surface area (TPSA) is 49.6 Å². The molecule has 18 heavy (non-hydrogen) atoms. The summed E-state index contributed by atoms with van der Waals surface area (Å²) in [6, 6.07) is 1.65. The zero-order valence-electron chi connectivity index (χ0n) is 10.3. The van der Waals surface area contributed by atoms with Crippen molar-refractivity contribution < 1.29 is 0 Å². The maximum Gasteiger partial charge on any atom is 0.258 e. The number of hydrogen-bond acceptors (Lipinski definition) is 5. The van der Waals surface area contributed by atoms with Crippen molar-refractivity contribution in [1.29, 1.82) is 0 Å². The lowest BCUT2D eigenvalue weighted by molar-refractivity contribution is 0.231. The van der Waals surface area contributed by atoms with Crippen LogP contribution in [0.15, 0.2) is 17.1 Å². The first kappa shape index (κ1) is 11.8. The van der Waals surface area contributed by atoms with Gasteiger partial charge in [0.25, 0.3) is 5.56 Å². The van der Waals surface area contributed by atoms with Gasteiger partial charge in [-0.15, -0.1) is 11.3 Å². The molecule has 0 radical (unpaired) electrons. The molecule has 6 heteroatoms. The number of fused-ring (bicyclic) bond motifs is 1. The Balaban J connectivity index is 1.89. The third-order valence-corrected chi connectivity index (χ3v) is 4.03. The van der Waals surface area contributed by atoms with Gasteiger partial charge >= 0.3 is 0 Å². The van der Waals surface area contributed by atoms with Gasteiger partial charge in [0.1, 0.15) is 0 Å². The van der Waals surface area contributed by atoms with Crippen LogP contribution in [-0.2, 0) is 6.54 Å². The van der Waals surface area contributed by atoms with E-state index in [1.807, 2.05) is 13.1 Å². The van der Waals surface area contributed by atoms with Crippen molar-refractivity contribution in [2.75, 3.05) is 26.2 Å². The number of hydrogen-bond donors (Lipinski definition) is 1. The standard InChI is InChI=1S/C12H16N4OS/c1-9-7-16-11(17)6-10(14-12(16)18-9)8-15-4-2-13-3-5-15/h6-7,13H,2-5,8H2,1H3.